The van der Waals surface area contributed by atoms with Gasteiger partial charge in [0.15, 0.2) is 0 Å². The van der Waals surface area contributed by atoms with Crippen LogP contribution in [0.4, 0.5) is 14.9 Å². The van der Waals surface area contributed by atoms with Crippen molar-refractivity contribution < 1.29 is 13.9 Å². The normalized spacial score (nSPS) is 9.07. The number of benzene rings is 1. The Bertz CT molecular complexity index is 370. The monoisotopic (exact) mass is 208 g/mol. The van der Waals surface area contributed by atoms with Gasteiger partial charge in [-0.2, -0.15) is 5.26 Å². The highest BCUT2D eigenvalue weighted by atomic mass is 19.1. The van der Waals surface area contributed by atoms with E-state index in [-0.39, 0.29) is 18.8 Å². The van der Waals surface area contributed by atoms with Crippen molar-refractivity contribution in [2.24, 2.45) is 0 Å². The lowest BCUT2D eigenvalue weighted by atomic mass is 10.3. The molecule has 0 aliphatic rings. The van der Waals surface area contributed by atoms with Gasteiger partial charge in [0.1, 0.15) is 12.4 Å². The summed E-state index contributed by atoms with van der Waals surface area (Å²) in [5.74, 6) is -0.376. The average Bonchev–Trinajstić information content (AvgIpc) is 2.22. The van der Waals surface area contributed by atoms with Gasteiger partial charge >= 0.3 is 6.09 Å². The number of hydrogen-bond donors (Lipinski definition) is 1. The second kappa shape index (κ2) is 5.60. The van der Waals surface area contributed by atoms with Gasteiger partial charge in [-0.15, -0.1) is 0 Å². The minimum atomic E-state index is -0.656. The molecule has 0 saturated heterocycles. The summed E-state index contributed by atoms with van der Waals surface area (Å²) in [5, 5.41) is 10.6. The fourth-order valence-corrected chi connectivity index (χ4v) is 0.877. The third-order valence-corrected chi connectivity index (χ3v) is 1.54. The van der Waals surface area contributed by atoms with E-state index in [0.717, 1.165) is 0 Å². The molecular weight excluding hydrogens is 199 g/mol. The third-order valence-electron chi connectivity index (χ3n) is 1.54. The van der Waals surface area contributed by atoms with Crippen LogP contribution in [0.25, 0.3) is 0 Å². The number of hydrogen-bond acceptors (Lipinski definition) is 3. The molecule has 0 aliphatic carbocycles. The SMILES string of the molecule is N#CCCOC(=O)Nc1ccc(F)cc1. The van der Waals surface area contributed by atoms with E-state index < -0.39 is 6.09 Å². The molecule has 4 nitrogen and oxygen atoms in total. The number of carbonyl (C=O) groups excluding carboxylic acids is 1. The van der Waals surface area contributed by atoms with Crippen molar-refractivity contribution in [2.75, 3.05) is 11.9 Å². The maximum atomic E-state index is 12.5. The van der Waals surface area contributed by atoms with E-state index in [1.807, 2.05) is 6.07 Å². The fourth-order valence-electron chi connectivity index (χ4n) is 0.877. The highest BCUT2D eigenvalue weighted by Crippen LogP contribution is 2.08. The molecule has 15 heavy (non-hydrogen) atoms. The zero-order valence-electron chi connectivity index (χ0n) is 7.87. The largest absolute Gasteiger partial charge is 0.448 e. The maximum Gasteiger partial charge on any atom is 0.411 e. The number of nitriles is 1. The molecule has 0 heterocycles. The van der Waals surface area contributed by atoms with Crippen LogP contribution in [0.2, 0.25) is 0 Å². The van der Waals surface area contributed by atoms with Crippen molar-refractivity contribution >= 4 is 11.8 Å². The molecule has 1 aromatic rings. The van der Waals surface area contributed by atoms with E-state index >= 15 is 0 Å². The zero-order valence-corrected chi connectivity index (χ0v) is 7.87. The van der Waals surface area contributed by atoms with Gasteiger partial charge in [0, 0.05) is 5.69 Å². The summed E-state index contributed by atoms with van der Waals surface area (Å²) in [6, 6.07) is 7.13. The standard InChI is InChI=1S/C10H9FN2O2/c11-8-2-4-9(5-3-8)13-10(14)15-7-1-6-12/h2-5H,1,7H2,(H,13,14). The summed E-state index contributed by atoms with van der Waals surface area (Å²) in [6.45, 7) is 0.0452. The molecular formula is C10H9FN2O2. The topological polar surface area (TPSA) is 62.1 Å². The Morgan fingerprint density at radius 3 is 2.73 bits per heavy atom. The second-order valence-corrected chi connectivity index (χ2v) is 2.68. The van der Waals surface area contributed by atoms with E-state index in [0.29, 0.717) is 5.69 Å². The molecule has 0 fully saturated rings. The molecule has 0 atom stereocenters. The van der Waals surface area contributed by atoms with Crippen LogP contribution in [-0.2, 0) is 4.74 Å². The molecule has 0 spiro atoms. The number of carbonyl (C=O) groups is 1. The number of amides is 1. The first-order valence-corrected chi connectivity index (χ1v) is 4.28. The molecule has 0 aliphatic heterocycles. The summed E-state index contributed by atoms with van der Waals surface area (Å²) in [6.07, 6.45) is -0.506. The van der Waals surface area contributed by atoms with Crippen molar-refractivity contribution in [3.05, 3.63) is 30.1 Å². The quantitative estimate of drug-likeness (QED) is 0.775. The first kappa shape index (κ1) is 11.0. The first-order chi connectivity index (χ1) is 7.22. The number of nitrogens with one attached hydrogen (secondary N) is 1. The highest BCUT2D eigenvalue weighted by molar-refractivity contribution is 5.84. The van der Waals surface area contributed by atoms with Gasteiger partial charge < -0.3 is 4.74 Å². The van der Waals surface area contributed by atoms with Crippen LogP contribution in [-0.4, -0.2) is 12.7 Å². The first-order valence-electron chi connectivity index (χ1n) is 4.28. The summed E-state index contributed by atoms with van der Waals surface area (Å²) in [7, 11) is 0. The van der Waals surface area contributed by atoms with Crippen LogP contribution in [0.5, 0.6) is 0 Å². The molecule has 0 saturated carbocycles. The summed E-state index contributed by atoms with van der Waals surface area (Å²) in [4.78, 5) is 11.0. The Hall–Kier alpha value is -2.09. The molecule has 0 unspecified atom stereocenters. The van der Waals surface area contributed by atoms with E-state index in [9.17, 15) is 9.18 Å². The number of nitrogens with zero attached hydrogens (tertiary/aromatic N) is 1. The smallest absolute Gasteiger partial charge is 0.411 e. The summed E-state index contributed by atoms with van der Waals surface area (Å²) < 4.78 is 17.1. The molecule has 1 rings (SSSR count). The molecule has 78 valence electrons. The van der Waals surface area contributed by atoms with Gasteiger partial charge in [0.25, 0.3) is 0 Å². The van der Waals surface area contributed by atoms with Crippen molar-refractivity contribution in [3.63, 3.8) is 0 Å². The molecule has 0 aromatic heterocycles. The van der Waals surface area contributed by atoms with Crippen LogP contribution < -0.4 is 5.32 Å². The van der Waals surface area contributed by atoms with E-state index in [1.165, 1.54) is 24.3 Å². The summed E-state index contributed by atoms with van der Waals surface area (Å²) in [5.41, 5.74) is 0.443. The van der Waals surface area contributed by atoms with Crippen LogP contribution in [0, 0.1) is 17.1 Å². The van der Waals surface area contributed by atoms with E-state index in [2.05, 4.69) is 10.1 Å². The van der Waals surface area contributed by atoms with Crippen LogP contribution >= 0.6 is 0 Å². The molecule has 5 heteroatoms. The fraction of sp³-hybridized carbons (Fsp3) is 0.200. The average molecular weight is 208 g/mol. The Kier molecular flexibility index (Phi) is 4.10. The van der Waals surface area contributed by atoms with Gasteiger partial charge in [-0.3, -0.25) is 5.32 Å². The number of halogens is 1. The minimum Gasteiger partial charge on any atom is -0.448 e. The van der Waals surface area contributed by atoms with Gasteiger partial charge in [0.05, 0.1) is 12.5 Å². The van der Waals surface area contributed by atoms with Crippen molar-refractivity contribution in [3.8, 4) is 6.07 Å². The van der Waals surface area contributed by atoms with Gasteiger partial charge in [-0.1, -0.05) is 0 Å². The van der Waals surface area contributed by atoms with E-state index in [4.69, 9.17) is 5.26 Å². The Labute approximate surface area is 86.3 Å². The number of anilines is 1. The van der Waals surface area contributed by atoms with Crippen molar-refractivity contribution in [1.82, 2.24) is 0 Å². The van der Waals surface area contributed by atoms with Crippen LogP contribution in [0.1, 0.15) is 6.42 Å². The minimum absolute atomic E-state index is 0.0452. The third kappa shape index (κ3) is 4.09. The molecule has 1 amide bonds. The Morgan fingerprint density at radius 1 is 1.47 bits per heavy atom. The molecule has 1 aromatic carbocycles. The van der Waals surface area contributed by atoms with E-state index in [1.54, 1.807) is 0 Å². The van der Waals surface area contributed by atoms with Gasteiger partial charge in [-0.05, 0) is 24.3 Å². The van der Waals surface area contributed by atoms with Crippen molar-refractivity contribution in [2.45, 2.75) is 6.42 Å². The lowest BCUT2D eigenvalue weighted by molar-refractivity contribution is 0.164. The lowest BCUT2D eigenvalue weighted by Crippen LogP contribution is -2.14. The van der Waals surface area contributed by atoms with Gasteiger partial charge in [-0.25, -0.2) is 9.18 Å². The predicted molar refractivity (Wildman–Crippen MR) is 51.6 cm³/mol. The predicted octanol–water partition coefficient (Wildman–Crippen LogP) is 2.29. The number of ether oxygens (including phenoxy) is 1. The second-order valence-electron chi connectivity index (χ2n) is 2.68. The Morgan fingerprint density at radius 2 is 2.13 bits per heavy atom. The molecule has 0 radical (unpaired) electrons. The Balaban J connectivity index is 2.38. The highest BCUT2D eigenvalue weighted by Gasteiger charge is 2.02. The maximum absolute atomic E-state index is 12.5. The zero-order chi connectivity index (χ0) is 11.1. The number of rotatable bonds is 3. The van der Waals surface area contributed by atoms with Crippen molar-refractivity contribution in [1.29, 1.82) is 5.26 Å². The molecule has 0 bridgehead atoms. The molecule has 1 N–H and O–H groups in total. The van der Waals surface area contributed by atoms with Crippen LogP contribution in [0.3, 0.4) is 0 Å². The van der Waals surface area contributed by atoms with Crippen LogP contribution in [0.15, 0.2) is 24.3 Å². The van der Waals surface area contributed by atoms with Gasteiger partial charge in [0.2, 0.25) is 0 Å². The summed E-state index contributed by atoms with van der Waals surface area (Å²) >= 11 is 0. The lowest BCUT2D eigenvalue weighted by Gasteiger charge is -2.04.